The first-order valence-electron chi connectivity index (χ1n) is 24.1. The molecule has 0 radical (unpaired) electrons. The second-order valence-corrected chi connectivity index (χ2v) is 19.5. The average molecular weight is 909 g/mol. The van der Waals surface area contributed by atoms with Gasteiger partial charge in [-0.2, -0.15) is 0 Å². The number of hydrogen-bond donors (Lipinski definition) is 0. The summed E-state index contributed by atoms with van der Waals surface area (Å²) in [6, 6.07) is 98.7. The van der Waals surface area contributed by atoms with Crippen LogP contribution in [-0.4, -0.2) is 0 Å². The molecule has 0 N–H and O–H groups in total. The second-order valence-electron chi connectivity index (χ2n) is 18.4. The lowest BCUT2D eigenvalue weighted by Gasteiger charge is -2.45. The molecule has 328 valence electrons. The van der Waals surface area contributed by atoms with Crippen molar-refractivity contribution in [1.29, 1.82) is 0 Å². The van der Waals surface area contributed by atoms with E-state index in [0.29, 0.717) is 0 Å². The van der Waals surface area contributed by atoms with E-state index in [2.05, 4.69) is 277 Å². The first-order chi connectivity index (χ1) is 34.7. The number of para-hydroxylation sites is 4. The molecule has 0 fully saturated rings. The van der Waals surface area contributed by atoms with Crippen molar-refractivity contribution in [2.45, 2.75) is 5.41 Å². The van der Waals surface area contributed by atoms with Gasteiger partial charge in [0.15, 0.2) is 0 Å². The highest BCUT2D eigenvalue weighted by Crippen LogP contribution is 2.64. The van der Waals surface area contributed by atoms with Crippen molar-refractivity contribution >= 4 is 65.6 Å². The van der Waals surface area contributed by atoms with Gasteiger partial charge >= 0.3 is 0 Å². The monoisotopic (exact) mass is 908 g/mol. The van der Waals surface area contributed by atoms with E-state index in [4.69, 9.17) is 0 Å². The Balaban J connectivity index is 0.988. The van der Waals surface area contributed by atoms with E-state index in [0.717, 1.165) is 33.9 Å². The molecule has 12 aromatic rings. The maximum atomic E-state index is 2.50. The Bertz CT molecular complexity index is 3920. The fraction of sp³-hybridized carbons (Fsp3) is 0.0149. The third-order valence-corrected chi connectivity index (χ3v) is 15.8. The minimum atomic E-state index is -0.593. The summed E-state index contributed by atoms with van der Waals surface area (Å²) in [7, 11) is 0. The highest BCUT2D eigenvalue weighted by molar-refractivity contribution is 7.25. The van der Waals surface area contributed by atoms with Gasteiger partial charge in [-0.25, -0.2) is 0 Å². The van der Waals surface area contributed by atoms with Gasteiger partial charge in [-0.15, -0.1) is 11.3 Å². The number of benzene rings is 11. The second kappa shape index (κ2) is 16.2. The van der Waals surface area contributed by atoms with Gasteiger partial charge in [-0.1, -0.05) is 188 Å². The lowest BCUT2D eigenvalue weighted by atomic mass is 9.64. The zero-order chi connectivity index (χ0) is 46.2. The maximum Gasteiger partial charge on any atom is 0.0755 e. The molecule has 0 bridgehead atoms. The maximum absolute atomic E-state index is 2.50. The Morgan fingerprint density at radius 3 is 1.64 bits per heavy atom. The van der Waals surface area contributed by atoms with E-state index in [1.54, 1.807) is 0 Å². The molecule has 3 heteroatoms. The summed E-state index contributed by atoms with van der Waals surface area (Å²) in [5.41, 5.74) is 21.0. The van der Waals surface area contributed by atoms with Crippen molar-refractivity contribution in [2.75, 3.05) is 9.80 Å². The Labute approximate surface area is 412 Å². The molecule has 2 nitrogen and oxygen atoms in total. The van der Waals surface area contributed by atoms with Crippen molar-refractivity contribution < 1.29 is 0 Å². The number of anilines is 6. The van der Waals surface area contributed by atoms with Crippen LogP contribution in [0.5, 0.6) is 0 Å². The van der Waals surface area contributed by atoms with Gasteiger partial charge in [0.25, 0.3) is 0 Å². The largest absolute Gasteiger partial charge is 0.310 e. The van der Waals surface area contributed by atoms with Crippen LogP contribution in [0, 0.1) is 0 Å². The van der Waals surface area contributed by atoms with Crippen LogP contribution in [0.4, 0.5) is 34.1 Å². The molecule has 0 atom stereocenters. The number of fused-ring (bicyclic) bond motifs is 12. The van der Waals surface area contributed by atoms with E-state index >= 15 is 0 Å². The standard InChI is InChI=1S/C67H44N2S/c1-3-18-45(19-4-1)47-20-17-21-49(42-47)53-24-8-13-30-62(53)68(51-37-34-46(35-38-51)48-36-41-66-57(43-48)56-26-9-16-33-65(56)70-66)52-39-40-55-54-25-7-10-27-58(54)67(61(55)44-52)59-28-11-14-31-63(59)69(50-22-5-2-6-23-50)64-32-15-12-29-60(64)67/h1-44H. The molecule has 2 heterocycles. The van der Waals surface area contributed by atoms with Gasteiger partial charge < -0.3 is 9.80 Å². The van der Waals surface area contributed by atoms with Crippen LogP contribution in [-0.2, 0) is 5.41 Å². The third-order valence-electron chi connectivity index (χ3n) is 14.7. The third kappa shape index (κ3) is 6.19. The summed E-state index contributed by atoms with van der Waals surface area (Å²) in [5, 5.41) is 2.62. The van der Waals surface area contributed by atoms with Gasteiger partial charge in [0.05, 0.1) is 22.5 Å². The van der Waals surface area contributed by atoms with Gasteiger partial charge in [0.1, 0.15) is 0 Å². The predicted octanol–water partition coefficient (Wildman–Crippen LogP) is 18.7. The molecule has 14 rings (SSSR count). The summed E-state index contributed by atoms with van der Waals surface area (Å²) >= 11 is 1.86. The Hall–Kier alpha value is -8.76. The normalized spacial score (nSPS) is 12.9. The molecule has 0 saturated carbocycles. The smallest absolute Gasteiger partial charge is 0.0755 e. The molecule has 11 aromatic carbocycles. The van der Waals surface area contributed by atoms with E-state index < -0.39 is 5.41 Å². The predicted molar refractivity (Wildman–Crippen MR) is 296 cm³/mol. The van der Waals surface area contributed by atoms with Gasteiger partial charge in [0, 0.05) is 42.8 Å². The fourth-order valence-electron chi connectivity index (χ4n) is 11.6. The lowest BCUT2D eigenvalue weighted by molar-refractivity contribution is 0.752. The van der Waals surface area contributed by atoms with Crippen molar-refractivity contribution in [3.05, 3.63) is 289 Å². The highest BCUT2D eigenvalue weighted by Gasteiger charge is 2.51. The Kier molecular flexibility index (Phi) is 9.33. The zero-order valence-corrected chi connectivity index (χ0v) is 39.0. The molecule has 0 saturated heterocycles. The SMILES string of the molecule is c1ccc(-c2cccc(-c3ccccc3N(c3ccc(-c4ccc5sc6ccccc6c5c4)cc3)c3ccc4c(c3)C3(c5ccccc5-4)c4ccccc4N(c4ccccc4)c4ccccc43)c2)cc1. The van der Waals surface area contributed by atoms with E-state index in [-0.39, 0.29) is 0 Å². The van der Waals surface area contributed by atoms with Crippen molar-refractivity contribution in [3.63, 3.8) is 0 Å². The summed E-state index contributed by atoms with van der Waals surface area (Å²) in [4.78, 5) is 4.93. The summed E-state index contributed by atoms with van der Waals surface area (Å²) < 4.78 is 2.63. The summed E-state index contributed by atoms with van der Waals surface area (Å²) in [5.74, 6) is 0. The van der Waals surface area contributed by atoms with E-state index in [1.807, 2.05) is 11.3 Å². The minimum Gasteiger partial charge on any atom is -0.310 e. The first kappa shape index (κ1) is 40.3. The number of thiophene rings is 1. The molecule has 0 amide bonds. The molecular weight excluding hydrogens is 865 g/mol. The first-order valence-corrected chi connectivity index (χ1v) is 24.9. The molecule has 2 aliphatic rings. The van der Waals surface area contributed by atoms with Crippen LogP contribution >= 0.6 is 11.3 Å². The number of nitrogens with zero attached hydrogens (tertiary/aromatic N) is 2. The van der Waals surface area contributed by atoms with Crippen LogP contribution in [0.15, 0.2) is 267 Å². The zero-order valence-electron chi connectivity index (χ0n) is 38.2. The van der Waals surface area contributed by atoms with Crippen molar-refractivity contribution in [2.24, 2.45) is 0 Å². The number of rotatable bonds is 7. The lowest BCUT2D eigenvalue weighted by Crippen LogP contribution is -2.36. The molecule has 1 spiro atoms. The van der Waals surface area contributed by atoms with Crippen LogP contribution in [0.1, 0.15) is 22.3 Å². The molecule has 70 heavy (non-hydrogen) atoms. The van der Waals surface area contributed by atoms with Crippen LogP contribution in [0.2, 0.25) is 0 Å². The van der Waals surface area contributed by atoms with Crippen LogP contribution in [0.3, 0.4) is 0 Å². The summed E-state index contributed by atoms with van der Waals surface area (Å²) in [6.45, 7) is 0. The topological polar surface area (TPSA) is 6.48 Å². The van der Waals surface area contributed by atoms with Crippen LogP contribution < -0.4 is 9.80 Å². The molecule has 1 aliphatic heterocycles. The van der Waals surface area contributed by atoms with Gasteiger partial charge in [0.2, 0.25) is 0 Å². The molecule has 0 unspecified atom stereocenters. The van der Waals surface area contributed by atoms with Gasteiger partial charge in [-0.3, -0.25) is 0 Å². The van der Waals surface area contributed by atoms with Crippen molar-refractivity contribution in [1.82, 2.24) is 0 Å². The van der Waals surface area contributed by atoms with Gasteiger partial charge in [-0.05, 0) is 140 Å². The quantitative estimate of drug-likeness (QED) is 0.157. The molecular formula is C67H44N2S. The Morgan fingerprint density at radius 1 is 0.314 bits per heavy atom. The molecule has 1 aliphatic carbocycles. The fourth-order valence-corrected chi connectivity index (χ4v) is 12.7. The van der Waals surface area contributed by atoms with Crippen molar-refractivity contribution in [3.8, 4) is 44.5 Å². The van der Waals surface area contributed by atoms with E-state index in [9.17, 15) is 0 Å². The van der Waals surface area contributed by atoms with E-state index in [1.165, 1.54) is 87.2 Å². The average Bonchev–Trinajstić information content (AvgIpc) is 3.96. The van der Waals surface area contributed by atoms with Crippen LogP contribution in [0.25, 0.3) is 64.7 Å². The Morgan fingerprint density at radius 2 is 0.857 bits per heavy atom. The molecule has 1 aromatic heterocycles. The minimum absolute atomic E-state index is 0.593. The number of hydrogen-bond acceptors (Lipinski definition) is 3. The highest BCUT2D eigenvalue weighted by atomic mass is 32.1. The summed E-state index contributed by atoms with van der Waals surface area (Å²) in [6.07, 6.45) is 0.